The zero-order valence-corrected chi connectivity index (χ0v) is 14.6. The van der Waals surface area contributed by atoms with Crippen LogP contribution in [0.25, 0.3) is 11.1 Å². The predicted octanol–water partition coefficient (Wildman–Crippen LogP) is 2.84. The van der Waals surface area contributed by atoms with Gasteiger partial charge in [0, 0.05) is 36.1 Å². The number of anilines is 2. The van der Waals surface area contributed by atoms with E-state index in [4.69, 9.17) is 4.74 Å². The predicted molar refractivity (Wildman–Crippen MR) is 99.2 cm³/mol. The summed E-state index contributed by atoms with van der Waals surface area (Å²) in [4.78, 5) is 18.7. The molecule has 0 spiro atoms. The number of methoxy groups -OCH3 is 1. The monoisotopic (exact) mass is 367 g/mol. The molecule has 0 radical (unpaired) electrons. The number of aromatic amines is 1. The Balaban J connectivity index is 1.49. The molecule has 8 heteroatoms. The second-order valence-electron chi connectivity index (χ2n) is 6.21. The Bertz CT molecular complexity index is 943. The average Bonchev–Trinajstić information content (AvgIpc) is 3.35. The van der Waals surface area contributed by atoms with Gasteiger partial charge in [-0.15, -0.1) is 0 Å². The van der Waals surface area contributed by atoms with Crippen LogP contribution >= 0.6 is 0 Å². The van der Waals surface area contributed by atoms with Crippen molar-refractivity contribution in [2.75, 3.05) is 23.9 Å². The fourth-order valence-corrected chi connectivity index (χ4v) is 3.10. The Morgan fingerprint density at radius 2 is 2.15 bits per heavy atom. The third-order valence-electron chi connectivity index (χ3n) is 4.56. The highest BCUT2D eigenvalue weighted by atomic mass is 19.1. The molecule has 1 aliphatic rings. The molecule has 0 saturated carbocycles. The number of benzene rings is 1. The fourth-order valence-electron chi connectivity index (χ4n) is 3.10. The molecular weight excluding hydrogens is 349 g/mol. The van der Waals surface area contributed by atoms with Gasteiger partial charge < -0.3 is 10.1 Å². The van der Waals surface area contributed by atoms with Crippen molar-refractivity contribution in [2.45, 2.75) is 12.5 Å². The molecule has 1 aromatic carbocycles. The second-order valence-corrected chi connectivity index (χ2v) is 6.21. The van der Waals surface area contributed by atoms with Crippen LogP contribution in [0.4, 0.5) is 15.9 Å². The van der Waals surface area contributed by atoms with Crippen molar-refractivity contribution in [1.29, 1.82) is 0 Å². The zero-order chi connectivity index (χ0) is 18.8. The van der Waals surface area contributed by atoms with Crippen LogP contribution in [0.5, 0.6) is 5.75 Å². The van der Waals surface area contributed by atoms with Gasteiger partial charge in [-0.3, -0.25) is 14.8 Å². The molecular formula is C19H18FN5O2. The van der Waals surface area contributed by atoms with E-state index in [0.717, 1.165) is 11.1 Å². The number of ether oxygens (including phenoxy) is 1. The normalized spacial score (nSPS) is 16.6. The van der Waals surface area contributed by atoms with Crippen molar-refractivity contribution in [2.24, 2.45) is 0 Å². The Morgan fingerprint density at radius 3 is 2.85 bits per heavy atom. The molecule has 4 rings (SSSR count). The Morgan fingerprint density at radius 1 is 1.26 bits per heavy atom. The molecule has 0 aliphatic carbocycles. The number of nitrogens with zero attached hydrogens (tertiary/aromatic N) is 3. The van der Waals surface area contributed by atoms with Crippen LogP contribution < -0.4 is 15.0 Å². The number of H-pyrrole nitrogens is 1. The summed E-state index contributed by atoms with van der Waals surface area (Å²) in [5, 5.41) is 9.65. The first-order chi connectivity index (χ1) is 13.2. The quantitative estimate of drug-likeness (QED) is 0.725. The van der Waals surface area contributed by atoms with Gasteiger partial charge in [0.2, 0.25) is 0 Å². The number of carbonyl (C=O) groups excluding carboxylic acids is 1. The van der Waals surface area contributed by atoms with Gasteiger partial charge in [0.1, 0.15) is 23.4 Å². The van der Waals surface area contributed by atoms with E-state index < -0.39 is 11.9 Å². The van der Waals surface area contributed by atoms with E-state index in [1.807, 2.05) is 6.07 Å². The Kier molecular flexibility index (Phi) is 4.45. The Hall–Kier alpha value is -3.42. The van der Waals surface area contributed by atoms with Crippen LogP contribution in [0.15, 0.2) is 48.9 Å². The van der Waals surface area contributed by atoms with Crippen LogP contribution in [-0.2, 0) is 4.79 Å². The number of aromatic nitrogens is 3. The summed E-state index contributed by atoms with van der Waals surface area (Å²) in [7, 11) is 1.51. The molecule has 1 aliphatic heterocycles. The highest BCUT2D eigenvalue weighted by Gasteiger charge is 2.33. The van der Waals surface area contributed by atoms with Crippen LogP contribution in [-0.4, -0.2) is 40.8 Å². The molecule has 1 amide bonds. The Labute approximate surface area is 155 Å². The van der Waals surface area contributed by atoms with E-state index in [1.165, 1.54) is 19.2 Å². The summed E-state index contributed by atoms with van der Waals surface area (Å²) in [6.07, 6.45) is 5.75. The van der Waals surface area contributed by atoms with Crippen LogP contribution in [0, 0.1) is 5.82 Å². The fraction of sp³-hybridized carbons (Fsp3) is 0.211. The van der Waals surface area contributed by atoms with Crippen LogP contribution in [0.2, 0.25) is 0 Å². The molecule has 138 valence electrons. The lowest BCUT2D eigenvalue weighted by Crippen LogP contribution is -2.34. The number of hydrogen-bond donors (Lipinski definition) is 2. The number of nitrogens with one attached hydrogen (secondary N) is 2. The summed E-state index contributed by atoms with van der Waals surface area (Å²) in [5.41, 5.74) is 2.08. The lowest BCUT2D eigenvalue weighted by molar-refractivity contribution is -0.117. The average molecular weight is 367 g/mol. The molecule has 0 bridgehead atoms. The minimum Gasteiger partial charge on any atom is -0.497 e. The van der Waals surface area contributed by atoms with Crippen LogP contribution in [0.3, 0.4) is 0 Å². The molecule has 2 aromatic heterocycles. The summed E-state index contributed by atoms with van der Waals surface area (Å²) >= 11 is 0. The third-order valence-corrected chi connectivity index (χ3v) is 4.56. The first-order valence-electron chi connectivity index (χ1n) is 8.52. The van der Waals surface area contributed by atoms with Gasteiger partial charge in [-0.1, -0.05) is 0 Å². The topological polar surface area (TPSA) is 83.1 Å². The van der Waals surface area contributed by atoms with E-state index in [2.05, 4.69) is 20.5 Å². The molecule has 1 fully saturated rings. The summed E-state index contributed by atoms with van der Waals surface area (Å²) in [6.45, 7) is 0.514. The third kappa shape index (κ3) is 3.33. The molecule has 1 unspecified atom stereocenters. The first-order valence-corrected chi connectivity index (χ1v) is 8.52. The molecule has 27 heavy (non-hydrogen) atoms. The second kappa shape index (κ2) is 7.06. The van der Waals surface area contributed by atoms with E-state index >= 15 is 0 Å². The molecule has 1 saturated heterocycles. The summed E-state index contributed by atoms with van der Waals surface area (Å²) in [5.74, 6) is 0.533. The molecule has 2 N–H and O–H groups in total. The van der Waals surface area contributed by atoms with Crippen molar-refractivity contribution in [3.05, 3.63) is 54.7 Å². The van der Waals surface area contributed by atoms with Crippen molar-refractivity contribution >= 4 is 17.4 Å². The number of hydrogen-bond acceptors (Lipinski definition) is 5. The van der Waals surface area contributed by atoms with Gasteiger partial charge in [0.25, 0.3) is 5.91 Å². The van der Waals surface area contributed by atoms with Gasteiger partial charge in [-0.2, -0.15) is 5.10 Å². The number of halogens is 1. The number of rotatable bonds is 5. The maximum absolute atomic E-state index is 14.0. The molecule has 1 atom stereocenters. The maximum atomic E-state index is 14.0. The van der Waals surface area contributed by atoms with E-state index in [1.54, 1.807) is 35.6 Å². The minimum absolute atomic E-state index is 0.138. The van der Waals surface area contributed by atoms with E-state index in [0.29, 0.717) is 24.5 Å². The minimum atomic E-state index is -0.512. The lowest BCUT2D eigenvalue weighted by atomic mass is 10.2. The summed E-state index contributed by atoms with van der Waals surface area (Å²) in [6, 6.07) is 7.58. The van der Waals surface area contributed by atoms with Gasteiger partial charge in [-0.05, 0) is 30.7 Å². The van der Waals surface area contributed by atoms with Gasteiger partial charge in [0.15, 0.2) is 0 Å². The van der Waals surface area contributed by atoms with Crippen LogP contribution in [0.1, 0.15) is 6.42 Å². The number of pyridine rings is 1. The molecule has 3 aromatic rings. The first kappa shape index (κ1) is 17.0. The smallest absolute Gasteiger partial charge is 0.250 e. The van der Waals surface area contributed by atoms with Crippen molar-refractivity contribution in [1.82, 2.24) is 15.2 Å². The van der Waals surface area contributed by atoms with Crippen molar-refractivity contribution in [3.63, 3.8) is 0 Å². The molecule has 7 nitrogen and oxygen atoms in total. The molecule has 3 heterocycles. The van der Waals surface area contributed by atoms with E-state index in [9.17, 15) is 9.18 Å². The maximum Gasteiger partial charge on any atom is 0.250 e. The zero-order valence-electron chi connectivity index (χ0n) is 14.6. The van der Waals surface area contributed by atoms with Gasteiger partial charge in [-0.25, -0.2) is 9.37 Å². The number of carbonyl (C=O) groups is 1. The van der Waals surface area contributed by atoms with E-state index in [-0.39, 0.29) is 11.6 Å². The largest absolute Gasteiger partial charge is 0.497 e. The van der Waals surface area contributed by atoms with Crippen molar-refractivity contribution < 1.29 is 13.9 Å². The summed E-state index contributed by atoms with van der Waals surface area (Å²) < 4.78 is 19.1. The SMILES string of the molecule is COc1ccc(F)c(NC2CCN(c3ccc(-c4cn[nH]c4)cn3)C2=O)c1. The van der Waals surface area contributed by atoms with Crippen molar-refractivity contribution in [3.8, 4) is 16.9 Å². The highest BCUT2D eigenvalue weighted by Crippen LogP contribution is 2.27. The highest BCUT2D eigenvalue weighted by molar-refractivity contribution is 6.00. The van der Waals surface area contributed by atoms with Gasteiger partial charge >= 0.3 is 0 Å². The lowest BCUT2D eigenvalue weighted by Gasteiger charge is -2.17. The van der Waals surface area contributed by atoms with Gasteiger partial charge in [0.05, 0.1) is 19.0 Å². The number of amides is 1. The standard InChI is InChI=1S/C19H18FN5O2/c1-27-14-3-4-15(20)17(8-14)24-16-6-7-25(19(16)26)18-5-2-12(9-21-18)13-10-22-23-11-13/h2-5,8-11,16,24H,6-7H2,1H3,(H,22,23).